The van der Waals surface area contributed by atoms with Crippen LogP contribution in [0, 0.1) is 0 Å². The number of carbonyl (C=O) groups is 1. The molecule has 4 unspecified atom stereocenters. The number of carbonyl (C=O) groups excluding carboxylic acids is 1. The lowest BCUT2D eigenvalue weighted by Gasteiger charge is -2.18. The van der Waals surface area contributed by atoms with Crippen LogP contribution in [-0.2, 0) is 16.0 Å². The molecule has 5 nitrogen and oxygen atoms in total. The Bertz CT molecular complexity index is 793. The molecular formula is C21H23NO4S. The molecule has 2 saturated heterocycles. The van der Waals surface area contributed by atoms with Gasteiger partial charge in [-0.2, -0.15) is 0 Å². The first-order valence-electron chi connectivity index (χ1n) is 9.09. The number of benzene rings is 2. The van der Waals surface area contributed by atoms with Gasteiger partial charge in [-0.1, -0.05) is 31.2 Å². The van der Waals surface area contributed by atoms with E-state index in [0.29, 0.717) is 13.0 Å². The minimum atomic E-state index is -0.0874. The van der Waals surface area contributed by atoms with Gasteiger partial charge in [0.25, 0.3) is 0 Å². The number of fused-ring (bicyclic) bond motifs is 1. The Hall–Kier alpha value is -2.18. The summed E-state index contributed by atoms with van der Waals surface area (Å²) in [7, 11) is 1.67. The first kappa shape index (κ1) is 18.2. The van der Waals surface area contributed by atoms with Gasteiger partial charge in [-0.25, -0.2) is 0 Å². The van der Waals surface area contributed by atoms with E-state index in [-0.39, 0.29) is 28.7 Å². The highest BCUT2D eigenvalue weighted by molar-refractivity contribution is 8.01. The van der Waals surface area contributed by atoms with Gasteiger partial charge in [-0.3, -0.25) is 4.79 Å². The molecule has 27 heavy (non-hydrogen) atoms. The van der Waals surface area contributed by atoms with Crippen molar-refractivity contribution in [1.29, 1.82) is 0 Å². The minimum Gasteiger partial charge on any atom is -0.497 e. The predicted octanol–water partition coefficient (Wildman–Crippen LogP) is 3.33. The monoisotopic (exact) mass is 385 g/mol. The standard InChI is InChI=1S/C21H23NO4S/c1-13(15-5-9-16(24-2)10-6-15)12-25-17-7-3-14(4-8-17)11-18-19(23)22-20-21(26-20)27-18/h3-10,13,18,20-21H,11-12H2,1-2H3,(H,22,23). The van der Waals surface area contributed by atoms with E-state index >= 15 is 0 Å². The summed E-state index contributed by atoms with van der Waals surface area (Å²) in [6.45, 7) is 2.75. The van der Waals surface area contributed by atoms with Gasteiger partial charge in [0, 0.05) is 5.92 Å². The van der Waals surface area contributed by atoms with Gasteiger partial charge in [-0.15, -0.1) is 11.8 Å². The predicted molar refractivity (Wildman–Crippen MR) is 105 cm³/mol. The van der Waals surface area contributed by atoms with Crippen molar-refractivity contribution in [3.8, 4) is 11.5 Å². The molecule has 0 aliphatic carbocycles. The third-order valence-electron chi connectivity index (χ3n) is 4.86. The topological polar surface area (TPSA) is 60.1 Å². The van der Waals surface area contributed by atoms with Crippen LogP contribution in [0.5, 0.6) is 11.5 Å². The molecule has 2 aromatic carbocycles. The maximum absolute atomic E-state index is 12.0. The van der Waals surface area contributed by atoms with Crippen molar-refractivity contribution < 1.29 is 19.0 Å². The van der Waals surface area contributed by atoms with E-state index in [9.17, 15) is 4.79 Å². The van der Waals surface area contributed by atoms with Crippen LogP contribution in [0.4, 0.5) is 0 Å². The number of hydrogen-bond donors (Lipinski definition) is 1. The van der Waals surface area contributed by atoms with Crippen LogP contribution in [0.25, 0.3) is 0 Å². The highest BCUT2D eigenvalue weighted by Crippen LogP contribution is 2.39. The Kier molecular flexibility index (Phi) is 5.27. The maximum atomic E-state index is 12.0. The fourth-order valence-corrected chi connectivity index (χ4v) is 4.29. The second kappa shape index (κ2) is 7.82. The van der Waals surface area contributed by atoms with E-state index in [1.807, 2.05) is 36.4 Å². The molecule has 2 aromatic rings. The zero-order valence-corrected chi connectivity index (χ0v) is 16.2. The number of hydrogen-bond acceptors (Lipinski definition) is 5. The Balaban J connectivity index is 1.29. The summed E-state index contributed by atoms with van der Waals surface area (Å²) in [5.74, 6) is 2.04. The van der Waals surface area contributed by atoms with Crippen LogP contribution in [0.1, 0.15) is 24.0 Å². The van der Waals surface area contributed by atoms with Gasteiger partial charge < -0.3 is 19.5 Å². The third-order valence-corrected chi connectivity index (χ3v) is 6.19. The first-order chi connectivity index (χ1) is 13.1. The first-order valence-corrected chi connectivity index (χ1v) is 10.0. The molecule has 0 aromatic heterocycles. The lowest BCUT2D eigenvalue weighted by atomic mass is 10.0. The number of ether oxygens (including phenoxy) is 3. The summed E-state index contributed by atoms with van der Waals surface area (Å²) in [5.41, 5.74) is 2.47. The highest BCUT2D eigenvalue weighted by atomic mass is 32.2. The van der Waals surface area contributed by atoms with Crippen molar-refractivity contribution in [1.82, 2.24) is 5.32 Å². The molecule has 1 amide bonds. The Morgan fingerprint density at radius 2 is 1.81 bits per heavy atom. The molecule has 1 N–H and O–H groups in total. The van der Waals surface area contributed by atoms with Crippen LogP contribution in [-0.4, -0.2) is 36.5 Å². The van der Waals surface area contributed by atoms with E-state index in [1.165, 1.54) is 5.56 Å². The molecule has 2 fully saturated rings. The van der Waals surface area contributed by atoms with Crippen LogP contribution < -0.4 is 14.8 Å². The maximum Gasteiger partial charge on any atom is 0.235 e. The minimum absolute atomic E-state index is 0.0624. The molecule has 6 heteroatoms. The Morgan fingerprint density at radius 1 is 1.11 bits per heavy atom. The molecule has 142 valence electrons. The quantitative estimate of drug-likeness (QED) is 0.741. The molecule has 2 heterocycles. The van der Waals surface area contributed by atoms with E-state index in [2.05, 4.69) is 24.4 Å². The van der Waals surface area contributed by atoms with Gasteiger partial charge in [0.15, 0.2) is 11.7 Å². The summed E-state index contributed by atoms with van der Waals surface area (Å²) in [4.78, 5) is 12.0. The van der Waals surface area contributed by atoms with Crippen LogP contribution in [0.2, 0.25) is 0 Å². The van der Waals surface area contributed by atoms with Crippen molar-refractivity contribution in [2.24, 2.45) is 0 Å². The second-order valence-corrected chi connectivity index (χ2v) is 8.20. The molecule has 2 aliphatic heterocycles. The number of methoxy groups -OCH3 is 1. The molecule has 4 atom stereocenters. The average Bonchev–Trinajstić information content (AvgIpc) is 3.45. The Morgan fingerprint density at radius 3 is 2.52 bits per heavy atom. The van der Waals surface area contributed by atoms with Gasteiger partial charge in [0.05, 0.1) is 19.0 Å². The van der Waals surface area contributed by atoms with Crippen molar-refractivity contribution in [2.45, 2.75) is 36.2 Å². The molecule has 0 saturated carbocycles. The van der Waals surface area contributed by atoms with E-state index in [0.717, 1.165) is 17.1 Å². The summed E-state index contributed by atoms with van der Waals surface area (Å²) < 4.78 is 16.5. The van der Waals surface area contributed by atoms with Gasteiger partial charge >= 0.3 is 0 Å². The molecular weight excluding hydrogens is 362 g/mol. The zero-order chi connectivity index (χ0) is 18.8. The molecule has 4 rings (SSSR count). The largest absolute Gasteiger partial charge is 0.497 e. The summed E-state index contributed by atoms with van der Waals surface area (Å²) in [6, 6.07) is 16.1. The molecule has 0 spiro atoms. The average molecular weight is 385 g/mol. The van der Waals surface area contributed by atoms with E-state index in [1.54, 1.807) is 18.9 Å². The number of amides is 1. The smallest absolute Gasteiger partial charge is 0.235 e. The lowest BCUT2D eigenvalue weighted by Crippen LogP contribution is -2.40. The van der Waals surface area contributed by atoms with Crippen molar-refractivity contribution >= 4 is 17.7 Å². The Labute approximate surface area is 163 Å². The molecule has 0 bridgehead atoms. The number of epoxide rings is 1. The summed E-state index contributed by atoms with van der Waals surface area (Å²) in [6.07, 6.45) is 0.633. The van der Waals surface area contributed by atoms with Crippen LogP contribution in [0.15, 0.2) is 48.5 Å². The van der Waals surface area contributed by atoms with Gasteiger partial charge in [-0.05, 0) is 41.8 Å². The number of thioether (sulfide) groups is 1. The van der Waals surface area contributed by atoms with E-state index < -0.39 is 0 Å². The molecule has 2 aliphatic rings. The number of rotatable bonds is 7. The third kappa shape index (κ3) is 4.39. The fourth-order valence-electron chi connectivity index (χ4n) is 3.09. The van der Waals surface area contributed by atoms with Gasteiger partial charge in [0.2, 0.25) is 5.91 Å². The van der Waals surface area contributed by atoms with Crippen molar-refractivity contribution in [2.75, 3.05) is 13.7 Å². The second-order valence-electron chi connectivity index (χ2n) is 6.89. The SMILES string of the molecule is COc1ccc(C(C)COc2ccc(CC3SC4OC4NC3=O)cc2)cc1. The molecule has 0 radical (unpaired) electrons. The highest BCUT2D eigenvalue weighted by Gasteiger charge is 2.48. The zero-order valence-electron chi connectivity index (χ0n) is 15.4. The normalized spacial score (nSPS) is 24.5. The fraction of sp³-hybridized carbons (Fsp3) is 0.381. The number of nitrogens with one attached hydrogen (secondary N) is 1. The van der Waals surface area contributed by atoms with Crippen LogP contribution >= 0.6 is 11.8 Å². The summed E-state index contributed by atoms with van der Waals surface area (Å²) >= 11 is 1.61. The summed E-state index contributed by atoms with van der Waals surface area (Å²) in [5, 5.41) is 2.79. The van der Waals surface area contributed by atoms with Gasteiger partial charge in [0.1, 0.15) is 11.5 Å². The van der Waals surface area contributed by atoms with Crippen LogP contribution in [0.3, 0.4) is 0 Å². The van der Waals surface area contributed by atoms with E-state index in [4.69, 9.17) is 14.2 Å². The van der Waals surface area contributed by atoms with Crippen molar-refractivity contribution in [3.05, 3.63) is 59.7 Å². The van der Waals surface area contributed by atoms with Crippen molar-refractivity contribution in [3.63, 3.8) is 0 Å². The lowest BCUT2D eigenvalue weighted by molar-refractivity contribution is -0.121.